The lowest BCUT2D eigenvalue weighted by molar-refractivity contribution is -0.123. The molecule has 4 N–H and O–H groups in total. The molecule has 2 amide bonds. The molecule has 34 heavy (non-hydrogen) atoms. The van der Waals surface area contributed by atoms with Crippen LogP contribution in [0.4, 0.5) is 23.1 Å². The van der Waals surface area contributed by atoms with Gasteiger partial charge in [-0.3, -0.25) is 19.4 Å². The van der Waals surface area contributed by atoms with E-state index in [0.717, 1.165) is 0 Å². The Kier molecular flexibility index (Phi) is 5.50. The Morgan fingerprint density at radius 3 is 2.74 bits per heavy atom. The summed E-state index contributed by atoms with van der Waals surface area (Å²) in [5.74, 6) is -0.181. The van der Waals surface area contributed by atoms with Crippen molar-refractivity contribution in [1.82, 2.24) is 9.97 Å². The van der Waals surface area contributed by atoms with Crippen LogP contribution in [-0.2, 0) is 9.59 Å². The van der Waals surface area contributed by atoms with E-state index in [-0.39, 0.29) is 23.8 Å². The van der Waals surface area contributed by atoms with Crippen molar-refractivity contribution in [3.8, 4) is 17.2 Å². The first-order valence-electron chi connectivity index (χ1n) is 10.6. The van der Waals surface area contributed by atoms with Gasteiger partial charge in [0.1, 0.15) is 24.8 Å². The summed E-state index contributed by atoms with van der Waals surface area (Å²) in [7, 11) is 1.52. The van der Waals surface area contributed by atoms with Crippen molar-refractivity contribution in [3.05, 3.63) is 58.4 Å². The van der Waals surface area contributed by atoms with Gasteiger partial charge in [0.15, 0.2) is 11.5 Å². The van der Waals surface area contributed by atoms with Crippen molar-refractivity contribution < 1.29 is 23.8 Å². The van der Waals surface area contributed by atoms with E-state index in [1.807, 2.05) is 0 Å². The van der Waals surface area contributed by atoms with Crippen LogP contribution in [0.25, 0.3) is 0 Å². The van der Waals surface area contributed by atoms with E-state index in [9.17, 15) is 14.4 Å². The summed E-state index contributed by atoms with van der Waals surface area (Å²) in [6.07, 6.45) is -0.187. The first-order chi connectivity index (χ1) is 16.5. The van der Waals surface area contributed by atoms with Gasteiger partial charge in [-0.1, -0.05) is 12.1 Å². The van der Waals surface area contributed by atoms with Crippen LogP contribution in [0.1, 0.15) is 17.9 Å². The molecule has 0 bridgehead atoms. The van der Waals surface area contributed by atoms with Gasteiger partial charge in [-0.25, -0.2) is 0 Å². The molecule has 174 valence electrons. The lowest BCUT2D eigenvalue weighted by Gasteiger charge is -2.24. The predicted molar refractivity (Wildman–Crippen MR) is 123 cm³/mol. The highest BCUT2D eigenvalue weighted by atomic mass is 16.6. The summed E-state index contributed by atoms with van der Waals surface area (Å²) in [5, 5.41) is 8.31. The average Bonchev–Trinajstić information content (AvgIpc) is 2.83. The van der Waals surface area contributed by atoms with Crippen LogP contribution < -0.4 is 35.7 Å². The molecule has 0 spiro atoms. The number of H-pyrrole nitrogens is 1. The van der Waals surface area contributed by atoms with Crippen LogP contribution in [0.5, 0.6) is 17.2 Å². The van der Waals surface area contributed by atoms with E-state index in [2.05, 4.69) is 25.9 Å². The van der Waals surface area contributed by atoms with Crippen LogP contribution in [0.2, 0.25) is 0 Å². The molecule has 0 saturated heterocycles. The zero-order valence-corrected chi connectivity index (χ0v) is 18.1. The zero-order chi connectivity index (χ0) is 23.7. The first kappa shape index (κ1) is 21.3. The molecule has 3 aromatic rings. The van der Waals surface area contributed by atoms with E-state index in [1.54, 1.807) is 42.5 Å². The van der Waals surface area contributed by atoms with Gasteiger partial charge in [0.2, 0.25) is 17.8 Å². The standard InChI is InChI=1S/C23H21N5O6/c1-32-15-5-3-2-4-14(15)25-23-27-20-19(22(31)28-23)13(11-18(29)26-20)21(30)24-12-6-7-16-17(10-12)34-9-8-33-16/h2-7,10,13H,8-9,11H2,1H3,(H,24,30)(H3,25,26,27,28,29,31). The average molecular weight is 463 g/mol. The third-order valence-corrected chi connectivity index (χ3v) is 5.44. The number of hydrogen-bond donors (Lipinski definition) is 4. The lowest BCUT2D eigenvalue weighted by Crippen LogP contribution is -2.36. The topological polar surface area (TPSA) is 144 Å². The van der Waals surface area contributed by atoms with E-state index in [4.69, 9.17) is 14.2 Å². The molecule has 0 aliphatic carbocycles. The Hall–Kier alpha value is -4.54. The van der Waals surface area contributed by atoms with Crippen molar-refractivity contribution in [2.24, 2.45) is 0 Å². The minimum atomic E-state index is -1.02. The number of carbonyl (C=O) groups excluding carboxylic acids is 2. The quantitative estimate of drug-likeness (QED) is 0.452. The minimum Gasteiger partial charge on any atom is -0.495 e. The Bertz CT molecular complexity index is 1340. The molecule has 5 rings (SSSR count). The van der Waals surface area contributed by atoms with Gasteiger partial charge in [0.05, 0.1) is 24.3 Å². The van der Waals surface area contributed by atoms with Crippen molar-refractivity contribution >= 4 is 35.0 Å². The molecule has 1 atom stereocenters. The zero-order valence-electron chi connectivity index (χ0n) is 18.1. The summed E-state index contributed by atoms with van der Waals surface area (Å²) in [4.78, 5) is 45.3. The van der Waals surface area contributed by atoms with Crippen molar-refractivity contribution in [2.45, 2.75) is 12.3 Å². The van der Waals surface area contributed by atoms with Gasteiger partial charge in [0, 0.05) is 18.2 Å². The van der Waals surface area contributed by atoms with Gasteiger partial charge in [0.25, 0.3) is 5.56 Å². The molecule has 2 aromatic carbocycles. The number of methoxy groups -OCH3 is 1. The van der Waals surface area contributed by atoms with Crippen molar-refractivity contribution in [1.29, 1.82) is 0 Å². The minimum absolute atomic E-state index is 0.0275. The van der Waals surface area contributed by atoms with Gasteiger partial charge < -0.3 is 30.2 Å². The third kappa shape index (κ3) is 4.10. The summed E-state index contributed by atoms with van der Waals surface area (Å²) < 4.78 is 16.3. The molecule has 1 aromatic heterocycles. The van der Waals surface area contributed by atoms with E-state index in [0.29, 0.717) is 41.8 Å². The number of hydrogen-bond acceptors (Lipinski definition) is 8. The molecule has 2 aliphatic rings. The maximum atomic E-state index is 13.1. The number of aromatic amines is 1. The molecule has 0 saturated carbocycles. The van der Waals surface area contributed by atoms with E-state index < -0.39 is 23.3 Å². The molecule has 11 nitrogen and oxygen atoms in total. The van der Waals surface area contributed by atoms with Crippen LogP contribution >= 0.6 is 0 Å². The number of nitrogens with one attached hydrogen (secondary N) is 4. The van der Waals surface area contributed by atoms with E-state index in [1.165, 1.54) is 7.11 Å². The van der Waals surface area contributed by atoms with Crippen LogP contribution in [-0.4, -0.2) is 42.1 Å². The number of fused-ring (bicyclic) bond motifs is 2. The Morgan fingerprint density at radius 2 is 1.91 bits per heavy atom. The fourth-order valence-corrected chi connectivity index (χ4v) is 3.88. The normalized spacial score (nSPS) is 16.1. The largest absolute Gasteiger partial charge is 0.495 e. The van der Waals surface area contributed by atoms with Crippen LogP contribution in [0, 0.1) is 0 Å². The number of para-hydroxylation sites is 2. The highest BCUT2D eigenvalue weighted by Gasteiger charge is 2.35. The van der Waals surface area contributed by atoms with E-state index >= 15 is 0 Å². The van der Waals surface area contributed by atoms with Crippen molar-refractivity contribution in [2.75, 3.05) is 36.3 Å². The second-order valence-electron chi connectivity index (χ2n) is 7.65. The molecular weight excluding hydrogens is 442 g/mol. The van der Waals surface area contributed by atoms with Crippen LogP contribution in [0.3, 0.4) is 0 Å². The number of nitrogens with zero attached hydrogens (tertiary/aromatic N) is 1. The maximum absolute atomic E-state index is 13.1. The Labute approximate surface area is 193 Å². The monoisotopic (exact) mass is 463 g/mol. The van der Waals surface area contributed by atoms with Gasteiger partial charge in [-0.15, -0.1) is 0 Å². The number of carbonyl (C=O) groups is 2. The van der Waals surface area contributed by atoms with Crippen molar-refractivity contribution in [3.63, 3.8) is 0 Å². The fourth-order valence-electron chi connectivity index (χ4n) is 3.88. The number of rotatable bonds is 5. The second kappa shape index (κ2) is 8.77. The Morgan fingerprint density at radius 1 is 1.12 bits per heavy atom. The smallest absolute Gasteiger partial charge is 0.258 e. The molecule has 1 unspecified atom stereocenters. The maximum Gasteiger partial charge on any atom is 0.258 e. The number of benzene rings is 2. The lowest BCUT2D eigenvalue weighted by atomic mass is 9.92. The highest BCUT2D eigenvalue weighted by molar-refractivity contribution is 6.04. The fraction of sp³-hybridized carbons (Fsp3) is 0.217. The SMILES string of the molecule is COc1ccccc1Nc1nc2c(c(=O)[nH]1)C(C(=O)Nc1ccc3c(c1)OCCO3)CC(=O)N2. The summed E-state index contributed by atoms with van der Waals surface area (Å²) >= 11 is 0. The second-order valence-corrected chi connectivity index (χ2v) is 7.65. The van der Waals surface area contributed by atoms with Crippen LogP contribution in [0.15, 0.2) is 47.3 Å². The first-order valence-corrected chi connectivity index (χ1v) is 10.6. The highest BCUT2D eigenvalue weighted by Crippen LogP contribution is 2.34. The number of ether oxygens (including phenoxy) is 3. The van der Waals surface area contributed by atoms with Gasteiger partial charge in [-0.05, 0) is 24.3 Å². The summed E-state index contributed by atoms with van der Waals surface area (Å²) in [6.45, 7) is 0.864. The number of amides is 2. The summed E-state index contributed by atoms with van der Waals surface area (Å²) in [5.41, 5.74) is 0.578. The number of aromatic nitrogens is 2. The molecular formula is C23H21N5O6. The third-order valence-electron chi connectivity index (χ3n) is 5.44. The molecule has 0 fully saturated rings. The molecule has 3 heterocycles. The molecule has 11 heteroatoms. The Balaban J connectivity index is 1.42. The van der Waals surface area contributed by atoms with Gasteiger partial charge in [-0.2, -0.15) is 4.98 Å². The summed E-state index contributed by atoms with van der Waals surface area (Å²) in [6, 6.07) is 12.1. The van der Waals surface area contributed by atoms with Gasteiger partial charge >= 0.3 is 0 Å². The molecule has 0 radical (unpaired) electrons. The predicted octanol–water partition coefficient (Wildman–Crippen LogP) is 2.36. The number of anilines is 4. The molecule has 2 aliphatic heterocycles.